The Balaban J connectivity index is 2.09. The summed E-state index contributed by atoms with van der Waals surface area (Å²) in [5.41, 5.74) is 8.95. The van der Waals surface area contributed by atoms with Gasteiger partial charge >= 0.3 is 0 Å². The molecular weight excluding hydrogens is 200 g/mol. The molecule has 0 amide bonds. The lowest BCUT2D eigenvalue weighted by Gasteiger charge is -2.24. The highest BCUT2D eigenvalue weighted by molar-refractivity contribution is 5.74. The van der Waals surface area contributed by atoms with Gasteiger partial charge in [-0.3, -0.25) is 0 Å². The van der Waals surface area contributed by atoms with Gasteiger partial charge in [0.15, 0.2) is 0 Å². The lowest BCUT2D eigenvalue weighted by atomic mass is 10.1. The van der Waals surface area contributed by atoms with Crippen LogP contribution in [0, 0.1) is 0 Å². The molecule has 0 saturated heterocycles. The van der Waals surface area contributed by atoms with E-state index in [-0.39, 0.29) is 5.54 Å². The highest BCUT2D eigenvalue weighted by Crippen LogP contribution is 2.12. The Labute approximate surface area is 95.3 Å². The molecule has 1 heterocycles. The van der Waals surface area contributed by atoms with E-state index in [4.69, 9.17) is 5.73 Å². The molecule has 0 saturated carbocycles. The molecule has 0 radical (unpaired) electrons. The first-order chi connectivity index (χ1) is 7.61. The third-order valence-electron chi connectivity index (χ3n) is 2.77. The van der Waals surface area contributed by atoms with Crippen LogP contribution in [-0.2, 0) is 6.54 Å². The number of aromatic amines is 1. The van der Waals surface area contributed by atoms with E-state index in [1.807, 2.05) is 6.07 Å². The Bertz CT molecular complexity index is 473. The number of nitrogens with one attached hydrogen (secondary N) is 2. The lowest BCUT2D eigenvalue weighted by Crippen LogP contribution is -2.45. The summed E-state index contributed by atoms with van der Waals surface area (Å²) >= 11 is 0. The Kier molecular flexibility index (Phi) is 2.94. The first kappa shape index (κ1) is 11.1. The van der Waals surface area contributed by atoms with Crippen LogP contribution in [0.2, 0.25) is 0 Å². The van der Waals surface area contributed by atoms with E-state index in [9.17, 15) is 0 Å². The predicted molar refractivity (Wildman–Crippen MR) is 66.1 cm³/mol. The Hall–Kier alpha value is -1.39. The zero-order valence-electron chi connectivity index (χ0n) is 9.75. The van der Waals surface area contributed by atoms with Gasteiger partial charge in [0, 0.05) is 18.6 Å². The normalized spacial score (nSPS) is 12.2. The van der Waals surface area contributed by atoms with Crippen molar-refractivity contribution in [3.05, 3.63) is 30.1 Å². The van der Waals surface area contributed by atoms with Crippen LogP contribution in [0.15, 0.2) is 24.5 Å². The highest BCUT2D eigenvalue weighted by atomic mass is 15.0. The topological polar surface area (TPSA) is 66.7 Å². The third kappa shape index (κ3) is 2.40. The van der Waals surface area contributed by atoms with Gasteiger partial charge in [0.1, 0.15) is 0 Å². The number of rotatable bonds is 4. The molecule has 0 spiro atoms. The van der Waals surface area contributed by atoms with Crippen molar-refractivity contribution < 1.29 is 0 Å². The maximum absolute atomic E-state index is 5.67. The molecule has 1 aromatic heterocycles. The summed E-state index contributed by atoms with van der Waals surface area (Å²) in [7, 11) is 0. The zero-order valence-corrected chi connectivity index (χ0v) is 9.75. The van der Waals surface area contributed by atoms with Crippen LogP contribution in [0.5, 0.6) is 0 Å². The first-order valence-corrected chi connectivity index (χ1v) is 5.48. The van der Waals surface area contributed by atoms with E-state index in [0.29, 0.717) is 6.54 Å². The van der Waals surface area contributed by atoms with Gasteiger partial charge in [0.2, 0.25) is 0 Å². The van der Waals surface area contributed by atoms with Crippen LogP contribution >= 0.6 is 0 Å². The van der Waals surface area contributed by atoms with Crippen LogP contribution in [0.3, 0.4) is 0 Å². The number of imidazole rings is 1. The quantitative estimate of drug-likeness (QED) is 0.726. The van der Waals surface area contributed by atoms with Gasteiger partial charge in [-0.05, 0) is 31.5 Å². The van der Waals surface area contributed by atoms with Gasteiger partial charge in [-0.2, -0.15) is 0 Å². The highest BCUT2D eigenvalue weighted by Gasteiger charge is 2.13. The van der Waals surface area contributed by atoms with Gasteiger partial charge in [-0.1, -0.05) is 6.07 Å². The molecule has 0 aliphatic carbocycles. The summed E-state index contributed by atoms with van der Waals surface area (Å²) in [4.78, 5) is 7.30. The van der Waals surface area contributed by atoms with E-state index in [1.54, 1.807) is 6.33 Å². The second-order valence-corrected chi connectivity index (χ2v) is 4.70. The monoisotopic (exact) mass is 218 g/mol. The largest absolute Gasteiger partial charge is 0.345 e. The van der Waals surface area contributed by atoms with E-state index >= 15 is 0 Å². The average Bonchev–Trinajstić information content (AvgIpc) is 2.73. The molecule has 0 aliphatic heterocycles. The summed E-state index contributed by atoms with van der Waals surface area (Å²) in [6.07, 6.45) is 1.71. The van der Waals surface area contributed by atoms with Crippen LogP contribution in [0.25, 0.3) is 11.0 Å². The summed E-state index contributed by atoms with van der Waals surface area (Å²) < 4.78 is 0. The van der Waals surface area contributed by atoms with Crippen molar-refractivity contribution >= 4 is 11.0 Å². The van der Waals surface area contributed by atoms with Crippen LogP contribution in [0.4, 0.5) is 0 Å². The zero-order chi connectivity index (χ0) is 11.6. The molecule has 4 N–H and O–H groups in total. The van der Waals surface area contributed by atoms with Crippen molar-refractivity contribution in [3.63, 3.8) is 0 Å². The van der Waals surface area contributed by atoms with Crippen molar-refractivity contribution in [1.29, 1.82) is 0 Å². The number of benzene rings is 1. The summed E-state index contributed by atoms with van der Waals surface area (Å²) in [5.74, 6) is 0. The van der Waals surface area contributed by atoms with Gasteiger partial charge < -0.3 is 16.0 Å². The molecule has 0 bridgehead atoms. The molecule has 86 valence electrons. The minimum atomic E-state index is -0.0249. The molecule has 2 aromatic rings. The summed E-state index contributed by atoms with van der Waals surface area (Å²) in [6, 6.07) is 6.23. The second kappa shape index (κ2) is 4.23. The smallest absolute Gasteiger partial charge is 0.0931 e. The number of hydrogen-bond donors (Lipinski definition) is 3. The van der Waals surface area contributed by atoms with E-state index in [2.05, 4.69) is 41.3 Å². The number of fused-ring (bicyclic) bond motifs is 1. The standard InChI is InChI=1S/C12H18N4/c1-12(2,7-13)16-6-9-3-4-10-11(5-9)15-8-14-10/h3-5,8,16H,6-7,13H2,1-2H3,(H,14,15). The summed E-state index contributed by atoms with van der Waals surface area (Å²) in [6.45, 7) is 5.64. The van der Waals surface area contributed by atoms with Crippen molar-refractivity contribution in [2.24, 2.45) is 5.73 Å². The summed E-state index contributed by atoms with van der Waals surface area (Å²) in [5, 5.41) is 3.42. The van der Waals surface area contributed by atoms with Crippen LogP contribution < -0.4 is 11.1 Å². The average molecular weight is 218 g/mol. The third-order valence-corrected chi connectivity index (χ3v) is 2.77. The maximum Gasteiger partial charge on any atom is 0.0931 e. The lowest BCUT2D eigenvalue weighted by molar-refractivity contribution is 0.397. The fraction of sp³-hybridized carbons (Fsp3) is 0.417. The first-order valence-electron chi connectivity index (χ1n) is 5.48. The number of H-pyrrole nitrogens is 1. The maximum atomic E-state index is 5.67. The second-order valence-electron chi connectivity index (χ2n) is 4.70. The van der Waals surface area contributed by atoms with Gasteiger partial charge in [-0.25, -0.2) is 4.98 Å². The predicted octanol–water partition coefficient (Wildman–Crippen LogP) is 1.39. The number of hydrogen-bond acceptors (Lipinski definition) is 3. The fourth-order valence-corrected chi connectivity index (χ4v) is 1.51. The molecule has 0 atom stereocenters. The van der Waals surface area contributed by atoms with Gasteiger partial charge in [0.25, 0.3) is 0 Å². The van der Waals surface area contributed by atoms with E-state index in [0.717, 1.165) is 17.6 Å². The Morgan fingerprint density at radius 2 is 2.25 bits per heavy atom. The minimum Gasteiger partial charge on any atom is -0.345 e. The van der Waals surface area contributed by atoms with E-state index < -0.39 is 0 Å². The molecular formula is C12H18N4. The van der Waals surface area contributed by atoms with Crippen molar-refractivity contribution in [2.75, 3.05) is 6.54 Å². The SMILES string of the molecule is CC(C)(CN)NCc1ccc2nc[nH]c2c1. The van der Waals surface area contributed by atoms with Crippen molar-refractivity contribution in [1.82, 2.24) is 15.3 Å². The number of nitrogens with two attached hydrogens (primary N) is 1. The number of aromatic nitrogens is 2. The molecule has 2 rings (SSSR count). The van der Waals surface area contributed by atoms with Crippen LogP contribution in [-0.4, -0.2) is 22.1 Å². The van der Waals surface area contributed by atoms with Crippen molar-refractivity contribution in [2.45, 2.75) is 25.9 Å². The molecule has 16 heavy (non-hydrogen) atoms. The fourth-order valence-electron chi connectivity index (χ4n) is 1.51. The van der Waals surface area contributed by atoms with Crippen molar-refractivity contribution in [3.8, 4) is 0 Å². The molecule has 4 nitrogen and oxygen atoms in total. The van der Waals surface area contributed by atoms with Crippen LogP contribution in [0.1, 0.15) is 19.4 Å². The van der Waals surface area contributed by atoms with Gasteiger partial charge in [0.05, 0.1) is 17.4 Å². The van der Waals surface area contributed by atoms with Gasteiger partial charge in [-0.15, -0.1) is 0 Å². The molecule has 0 unspecified atom stereocenters. The Morgan fingerprint density at radius 1 is 1.44 bits per heavy atom. The molecule has 0 fully saturated rings. The molecule has 1 aromatic carbocycles. The van der Waals surface area contributed by atoms with E-state index in [1.165, 1.54) is 5.56 Å². The minimum absolute atomic E-state index is 0.0249. The molecule has 0 aliphatic rings. The Morgan fingerprint density at radius 3 is 3.00 bits per heavy atom. The number of nitrogens with zero attached hydrogens (tertiary/aromatic N) is 1. The molecule has 4 heteroatoms.